The van der Waals surface area contributed by atoms with Gasteiger partial charge in [0.2, 0.25) is 11.8 Å². The zero-order chi connectivity index (χ0) is 18.3. The van der Waals surface area contributed by atoms with E-state index in [0.717, 1.165) is 11.3 Å². The molecule has 1 atom stereocenters. The maximum absolute atomic E-state index is 12.7. The third kappa shape index (κ3) is 2.76. The van der Waals surface area contributed by atoms with Crippen LogP contribution >= 0.6 is 0 Å². The number of carbonyl (C=O) groups excluding carboxylic acids is 3. The van der Waals surface area contributed by atoms with Crippen LogP contribution < -0.4 is 5.32 Å². The van der Waals surface area contributed by atoms with Crippen molar-refractivity contribution in [3.05, 3.63) is 41.2 Å². The van der Waals surface area contributed by atoms with E-state index in [4.69, 9.17) is 5.11 Å². The van der Waals surface area contributed by atoms with Crippen molar-refractivity contribution in [3.63, 3.8) is 0 Å². The van der Waals surface area contributed by atoms with Crippen molar-refractivity contribution in [1.82, 2.24) is 25.2 Å². The highest BCUT2D eigenvalue weighted by molar-refractivity contribution is 6.05. The predicted octanol–water partition coefficient (Wildman–Crippen LogP) is -0.437. The van der Waals surface area contributed by atoms with Crippen molar-refractivity contribution in [1.29, 1.82) is 0 Å². The Bertz CT molecular complexity index is 906. The number of rotatable bonds is 4. The zero-order valence-corrected chi connectivity index (χ0v) is 13.9. The molecule has 0 aliphatic carbocycles. The maximum atomic E-state index is 12.7. The number of hydrogen-bond donors (Lipinski definition) is 2. The zero-order valence-electron chi connectivity index (χ0n) is 13.9. The average molecular weight is 355 g/mol. The van der Waals surface area contributed by atoms with E-state index in [9.17, 15) is 14.4 Å². The summed E-state index contributed by atoms with van der Waals surface area (Å²) in [4.78, 5) is 37.6. The summed E-state index contributed by atoms with van der Waals surface area (Å²) in [6.07, 6.45) is 2.72. The van der Waals surface area contributed by atoms with Gasteiger partial charge in [-0.25, -0.2) is 4.68 Å². The lowest BCUT2D eigenvalue weighted by Gasteiger charge is -2.29. The van der Waals surface area contributed by atoms with Crippen LogP contribution in [0.15, 0.2) is 24.4 Å². The van der Waals surface area contributed by atoms with E-state index in [1.165, 1.54) is 4.90 Å². The van der Waals surface area contributed by atoms with Crippen LogP contribution in [0.2, 0.25) is 0 Å². The van der Waals surface area contributed by atoms with Crippen LogP contribution in [0.25, 0.3) is 5.69 Å². The Kier molecular flexibility index (Phi) is 4.00. The van der Waals surface area contributed by atoms with Crippen LogP contribution in [-0.4, -0.2) is 55.4 Å². The highest BCUT2D eigenvalue weighted by Crippen LogP contribution is 2.28. The number of aliphatic hydroxyl groups excluding tert-OH is 1. The van der Waals surface area contributed by atoms with Gasteiger partial charge in [-0.2, -0.15) is 0 Å². The van der Waals surface area contributed by atoms with Crippen LogP contribution in [0.5, 0.6) is 0 Å². The summed E-state index contributed by atoms with van der Waals surface area (Å²) in [7, 11) is 0. The van der Waals surface area contributed by atoms with Gasteiger partial charge in [0.1, 0.15) is 6.04 Å². The first kappa shape index (κ1) is 16.4. The SMILES string of the molecule is O=C1CCC(N2Cc3cc(-n4cc(CCO)nn4)ccc3C2=O)C(=O)N1. The van der Waals surface area contributed by atoms with E-state index in [-0.39, 0.29) is 24.8 Å². The van der Waals surface area contributed by atoms with Gasteiger partial charge >= 0.3 is 0 Å². The normalized spacial score (nSPS) is 19.7. The molecule has 2 N–H and O–H groups in total. The number of benzene rings is 1. The number of nitrogens with one attached hydrogen (secondary N) is 1. The Morgan fingerprint density at radius 2 is 2.12 bits per heavy atom. The maximum Gasteiger partial charge on any atom is 0.255 e. The molecule has 134 valence electrons. The molecule has 1 aromatic carbocycles. The van der Waals surface area contributed by atoms with Crippen LogP contribution in [0.3, 0.4) is 0 Å². The lowest BCUT2D eigenvalue weighted by Crippen LogP contribution is -2.52. The Labute approximate surface area is 148 Å². The third-order valence-corrected chi connectivity index (χ3v) is 4.68. The highest BCUT2D eigenvalue weighted by Gasteiger charge is 2.39. The smallest absolute Gasteiger partial charge is 0.255 e. The van der Waals surface area contributed by atoms with Gasteiger partial charge in [0, 0.05) is 31.6 Å². The van der Waals surface area contributed by atoms with E-state index in [1.807, 2.05) is 6.07 Å². The number of piperidine rings is 1. The molecule has 2 aromatic rings. The molecule has 1 fully saturated rings. The molecule has 0 radical (unpaired) electrons. The van der Waals surface area contributed by atoms with Crippen molar-refractivity contribution >= 4 is 17.7 Å². The van der Waals surface area contributed by atoms with Gasteiger partial charge in [0.15, 0.2) is 0 Å². The van der Waals surface area contributed by atoms with Gasteiger partial charge in [-0.1, -0.05) is 5.21 Å². The number of nitrogens with zero attached hydrogens (tertiary/aromatic N) is 4. The minimum Gasteiger partial charge on any atom is -0.396 e. The average Bonchev–Trinajstić information content (AvgIpc) is 3.20. The van der Waals surface area contributed by atoms with Gasteiger partial charge in [0.25, 0.3) is 5.91 Å². The van der Waals surface area contributed by atoms with Crippen molar-refractivity contribution in [2.24, 2.45) is 0 Å². The van der Waals surface area contributed by atoms with Gasteiger partial charge in [-0.15, -0.1) is 5.10 Å². The van der Waals surface area contributed by atoms with Crippen LogP contribution in [-0.2, 0) is 22.6 Å². The number of carbonyl (C=O) groups is 3. The van der Waals surface area contributed by atoms with E-state index < -0.39 is 11.9 Å². The number of aromatic nitrogens is 3. The van der Waals surface area contributed by atoms with Crippen molar-refractivity contribution in [3.8, 4) is 5.69 Å². The fraction of sp³-hybridized carbons (Fsp3) is 0.353. The molecule has 9 nitrogen and oxygen atoms in total. The Hall–Kier alpha value is -3.07. The Balaban J connectivity index is 1.58. The minimum atomic E-state index is -0.626. The summed E-state index contributed by atoms with van der Waals surface area (Å²) < 4.78 is 1.59. The van der Waals surface area contributed by atoms with E-state index >= 15 is 0 Å². The number of imide groups is 1. The molecule has 2 aliphatic heterocycles. The first-order valence-corrected chi connectivity index (χ1v) is 8.37. The summed E-state index contributed by atoms with van der Waals surface area (Å²) in [5, 5.41) is 19.3. The van der Waals surface area contributed by atoms with Crippen molar-refractivity contribution in [2.45, 2.75) is 31.8 Å². The highest BCUT2D eigenvalue weighted by atomic mass is 16.3. The molecule has 3 amide bonds. The molecule has 0 spiro atoms. The quantitative estimate of drug-likeness (QED) is 0.718. The lowest BCUT2D eigenvalue weighted by molar-refractivity contribution is -0.136. The van der Waals surface area contributed by atoms with Gasteiger partial charge in [0.05, 0.1) is 17.6 Å². The summed E-state index contributed by atoms with van der Waals surface area (Å²) in [6, 6.07) is 4.70. The number of fused-ring (bicyclic) bond motifs is 1. The van der Waals surface area contributed by atoms with E-state index in [1.54, 1.807) is 23.0 Å². The molecule has 1 aromatic heterocycles. The van der Waals surface area contributed by atoms with Gasteiger partial charge in [-0.3, -0.25) is 19.7 Å². The third-order valence-electron chi connectivity index (χ3n) is 4.68. The fourth-order valence-corrected chi connectivity index (χ4v) is 3.36. The van der Waals surface area contributed by atoms with Crippen molar-refractivity contribution in [2.75, 3.05) is 6.61 Å². The number of hydrogen-bond acceptors (Lipinski definition) is 6. The summed E-state index contributed by atoms with van der Waals surface area (Å²) in [5.74, 6) is -0.935. The number of amides is 3. The topological polar surface area (TPSA) is 117 Å². The molecule has 1 saturated heterocycles. The van der Waals surface area contributed by atoms with Crippen LogP contribution in [0.1, 0.15) is 34.5 Å². The molecule has 26 heavy (non-hydrogen) atoms. The molecule has 0 bridgehead atoms. The standard InChI is InChI=1S/C17H17N5O4/c23-6-5-11-9-22(20-19-11)12-1-2-13-10(7-12)8-21(17(13)26)14-3-4-15(24)18-16(14)25/h1-2,7,9,14,23H,3-6,8H2,(H,18,24,25). The summed E-state index contributed by atoms with van der Waals surface area (Å²) >= 11 is 0. The molecule has 4 rings (SSSR count). The predicted molar refractivity (Wildman–Crippen MR) is 88.2 cm³/mol. The lowest BCUT2D eigenvalue weighted by atomic mass is 10.0. The second kappa shape index (κ2) is 6.34. The summed E-state index contributed by atoms with van der Waals surface area (Å²) in [5.41, 5.74) is 2.78. The van der Waals surface area contributed by atoms with E-state index in [2.05, 4.69) is 15.6 Å². The largest absolute Gasteiger partial charge is 0.396 e. The second-order valence-electron chi connectivity index (χ2n) is 6.37. The second-order valence-corrected chi connectivity index (χ2v) is 6.37. The molecule has 1 unspecified atom stereocenters. The monoisotopic (exact) mass is 355 g/mol. The molecule has 2 aliphatic rings. The van der Waals surface area contributed by atoms with E-state index in [0.29, 0.717) is 30.6 Å². The van der Waals surface area contributed by atoms with Crippen LogP contribution in [0, 0.1) is 0 Å². The number of aliphatic hydroxyl groups is 1. The van der Waals surface area contributed by atoms with Gasteiger partial charge in [-0.05, 0) is 30.2 Å². The minimum absolute atomic E-state index is 0.00169. The van der Waals surface area contributed by atoms with Crippen LogP contribution in [0.4, 0.5) is 0 Å². The molecule has 9 heteroatoms. The molecule has 0 saturated carbocycles. The van der Waals surface area contributed by atoms with Crippen molar-refractivity contribution < 1.29 is 19.5 Å². The Morgan fingerprint density at radius 3 is 2.88 bits per heavy atom. The molecular formula is C17H17N5O4. The molecular weight excluding hydrogens is 338 g/mol. The van der Waals surface area contributed by atoms with Gasteiger partial charge < -0.3 is 10.0 Å². The molecule has 3 heterocycles. The summed E-state index contributed by atoms with van der Waals surface area (Å²) in [6.45, 7) is 0.310. The first-order valence-electron chi connectivity index (χ1n) is 8.37. The fourth-order valence-electron chi connectivity index (χ4n) is 3.36. The first-order chi connectivity index (χ1) is 12.6. The Morgan fingerprint density at radius 1 is 1.27 bits per heavy atom.